The fourth-order valence-corrected chi connectivity index (χ4v) is 1.01. The average molecular weight is 209 g/mol. The first-order valence-electron chi connectivity index (χ1n) is 4.54. The fraction of sp³-hybridized carbons (Fsp3) is 0.444. The van der Waals surface area contributed by atoms with Crippen LogP contribution in [0.5, 0.6) is 0 Å². The minimum absolute atomic E-state index is 0.225. The second-order valence-corrected chi connectivity index (χ2v) is 3.16. The van der Waals surface area contributed by atoms with Gasteiger partial charge in [-0.25, -0.2) is 4.98 Å². The highest BCUT2D eigenvalue weighted by atomic mass is 16.1. The van der Waals surface area contributed by atoms with Gasteiger partial charge < -0.3 is 15.5 Å². The number of nitrogens with zero attached hydrogens (tertiary/aromatic N) is 3. The number of carbonyl (C=O) groups is 1. The number of anilines is 2. The van der Waals surface area contributed by atoms with Gasteiger partial charge in [-0.15, -0.1) is 0 Å². The van der Waals surface area contributed by atoms with Crippen molar-refractivity contribution in [2.24, 2.45) is 0 Å². The molecule has 0 spiro atoms. The highest BCUT2D eigenvalue weighted by Crippen LogP contribution is 2.11. The molecule has 1 aromatic heterocycles. The van der Waals surface area contributed by atoms with E-state index in [1.807, 2.05) is 14.1 Å². The highest BCUT2D eigenvalue weighted by molar-refractivity contribution is 5.93. The SMILES string of the molecule is CNC(=O)c1cc(NC)nc(N(C)C)n1. The van der Waals surface area contributed by atoms with Gasteiger partial charge in [-0.05, 0) is 0 Å². The monoisotopic (exact) mass is 209 g/mol. The lowest BCUT2D eigenvalue weighted by atomic mass is 10.3. The number of hydrogen-bond donors (Lipinski definition) is 2. The van der Waals surface area contributed by atoms with Crippen molar-refractivity contribution >= 4 is 17.7 Å². The Bertz CT molecular complexity index is 364. The van der Waals surface area contributed by atoms with Gasteiger partial charge in [0.25, 0.3) is 5.91 Å². The molecule has 6 heteroatoms. The maximum Gasteiger partial charge on any atom is 0.269 e. The summed E-state index contributed by atoms with van der Waals surface area (Å²) in [5.74, 6) is 0.893. The van der Waals surface area contributed by atoms with Gasteiger partial charge in [0.15, 0.2) is 0 Å². The van der Waals surface area contributed by atoms with E-state index in [0.717, 1.165) is 0 Å². The molecule has 0 atom stereocenters. The number of amides is 1. The van der Waals surface area contributed by atoms with Crippen LogP contribution in [0.3, 0.4) is 0 Å². The summed E-state index contributed by atoms with van der Waals surface area (Å²) < 4.78 is 0. The Balaban J connectivity index is 3.17. The molecule has 0 unspecified atom stereocenters. The standard InChI is InChI=1S/C9H15N5O/c1-10-7-5-6(8(15)11-2)12-9(13-7)14(3)4/h5H,1-4H3,(H,11,15)(H,10,12,13). The van der Waals surface area contributed by atoms with E-state index in [1.165, 1.54) is 0 Å². The van der Waals surface area contributed by atoms with Crippen molar-refractivity contribution in [2.75, 3.05) is 38.4 Å². The molecule has 0 saturated carbocycles. The van der Waals surface area contributed by atoms with Crippen molar-refractivity contribution in [2.45, 2.75) is 0 Å². The number of nitrogens with one attached hydrogen (secondary N) is 2. The molecule has 0 aromatic carbocycles. The summed E-state index contributed by atoms with van der Waals surface area (Å²) in [5.41, 5.74) is 0.348. The fourth-order valence-electron chi connectivity index (χ4n) is 1.01. The van der Waals surface area contributed by atoms with Crippen LogP contribution in [0.1, 0.15) is 10.5 Å². The Kier molecular flexibility index (Phi) is 3.43. The zero-order chi connectivity index (χ0) is 11.4. The number of aromatic nitrogens is 2. The normalized spacial score (nSPS) is 9.60. The second-order valence-electron chi connectivity index (χ2n) is 3.16. The molecule has 1 rings (SSSR count). The zero-order valence-electron chi connectivity index (χ0n) is 9.33. The first kappa shape index (κ1) is 11.2. The molecule has 1 aromatic rings. The van der Waals surface area contributed by atoms with Crippen LogP contribution in [-0.2, 0) is 0 Å². The minimum atomic E-state index is -0.225. The lowest BCUT2D eigenvalue weighted by Gasteiger charge is -2.12. The van der Waals surface area contributed by atoms with Crippen molar-refractivity contribution in [1.82, 2.24) is 15.3 Å². The first-order valence-corrected chi connectivity index (χ1v) is 4.54. The van der Waals surface area contributed by atoms with Crippen LogP contribution >= 0.6 is 0 Å². The summed E-state index contributed by atoms with van der Waals surface area (Å²) in [5, 5.41) is 5.41. The Hall–Kier alpha value is -1.85. The van der Waals surface area contributed by atoms with E-state index < -0.39 is 0 Å². The van der Waals surface area contributed by atoms with E-state index in [-0.39, 0.29) is 5.91 Å². The van der Waals surface area contributed by atoms with Gasteiger partial charge in [-0.1, -0.05) is 0 Å². The van der Waals surface area contributed by atoms with E-state index in [0.29, 0.717) is 17.5 Å². The molecule has 0 radical (unpaired) electrons. The van der Waals surface area contributed by atoms with Gasteiger partial charge in [0.2, 0.25) is 5.95 Å². The third-order valence-corrected chi connectivity index (χ3v) is 1.83. The van der Waals surface area contributed by atoms with E-state index in [2.05, 4.69) is 20.6 Å². The van der Waals surface area contributed by atoms with Crippen LogP contribution in [0.25, 0.3) is 0 Å². The third kappa shape index (κ3) is 2.55. The van der Waals surface area contributed by atoms with E-state index in [4.69, 9.17) is 0 Å². The average Bonchev–Trinajstić information content (AvgIpc) is 2.27. The molecule has 0 bridgehead atoms. The molecule has 2 N–H and O–H groups in total. The molecular formula is C9H15N5O. The highest BCUT2D eigenvalue weighted by Gasteiger charge is 2.10. The minimum Gasteiger partial charge on any atom is -0.373 e. The zero-order valence-corrected chi connectivity index (χ0v) is 9.33. The van der Waals surface area contributed by atoms with Gasteiger partial charge >= 0.3 is 0 Å². The van der Waals surface area contributed by atoms with Crippen molar-refractivity contribution in [3.63, 3.8) is 0 Å². The van der Waals surface area contributed by atoms with E-state index in [9.17, 15) is 4.79 Å². The van der Waals surface area contributed by atoms with Gasteiger partial charge in [0, 0.05) is 34.3 Å². The first-order chi connectivity index (χ1) is 7.08. The summed E-state index contributed by atoms with van der Waals surface area (Å²) >= 11 is 0. The molecule has 0 fully saturated rings. The summed E-state index contributed by atoms with van der Waals surface area (Å²) in [6.45, 7) is 0. The molecule has 15 heavy (non-hydrogen) atoms. The Morgan fingerprint density at radius 2 is 2.00 bits per heavy atom. The molecule has 0 aliphatic carbocycles. The van der Waals surface area contributed by atoms with Gasteiger partial charge in [-0.2, -0.15) is 4.98 Å². The summed E-state index contributed by atoms with van der Waals surface area (Å²) in [4.78, 5) is 21.5. The van der Waals surface area contributed by atoms with Gasteiger partial charge in [-0.3, -0.25) is 4.79 Å². The second kappa shape index (κ2) is 4.59. The van der Waals surface area contributed by atoms with Crippen LogP contribution in [0, 0.1) is 0 Å². The van der Waals surface area contributed by atoms with Crippen LogP contribution in [0.2, 0.25) is 0 Å². The topological polar surface area (TPSA) is 70.2 Å². The molecular weight excluding hydrogens is 194 g/mol. The quantitative estimate of drug-likeness (QED) is 0.730. The predicted octanol–water partition coefficient (Wildman–Crippen LogP) is -0.0561. The molecule has 0 aliphatic heterocycles. The third-order valence-electron chi connectivity index (χ3n) is 1.83. The smallest absolute Gasteiger partial charge is 0.269 e. The molecule has 82 valence electrons. The summed E-state index contributed by atoms with van der Waals surface area (Å²) in [6.07, 6.45) is 0. The van der Waals surface area contributed by atoms with Crippen molar-refractivity contribution < 1.29 is 4.79 Å². The van der Waals surface area contributed by atoms with Gasteiger partial charge in [0.05, 0.1) is 0 Å². The van der Waals surface area contributed by atoms with Crippen molar-refractivity contribution in [3.8, 4) is 0 Å². The van der Waals surface area contributed by atoms with Crippen LogP contribution in [-0.4, -0.2) is 44.1 Å². The maximum atomic E-state index is 11.4. The van der Waals surface area contributed by atoms with Gasteiger partial charge in [0.1, 0.15) is 11.5 Å². The Morgan fingerprint density at radius 1 is 1.33 bits per heavy atom. The van der Waals surface area contributed by atoms with E-state index >= 15 is 0 Å². The number of carbonyl (C=O) groups excluding carboxylic acids is 1. The molecule has 6 nitrogen and oxygen atoms in total. The van der Waals surface area contributed by atoms with Crippen LogP contribution in [0.15, 0.2) is 6.07 Å². The predicted molar refractivity (Wildman–Crippen MR) is 59.3 cm³/mol. The lowest BCUT2D eigenvalue weighted by molar-refractivity contribution is 0.0958. The molecule has 1 heterocycles. The summed E-state index contributed by atoms with van der Waals surface area (Å²) in [6, 6.07) is 1.60. The largest absolute Gasteiger partial charge is 0.373 e. The van der Waals surface area contributed by atoms with Crippen molar-refractivity contribution in [3.05, 3.63) is 11.8 Å². The molecule has 1 amide bonds. The van der Waals surface area contributed by atoms with Crippen LogP contribution in [0.4, 0.5) is 11.8 Å². The number of hydrogen-bond acceptors (Lipinski definition) is 5. The van der Waals surface area contributed by atoms with E-state index in [1.54, 1.807) is 25.1 Å². The van der Waals surface area contributed by atoms with Crippen molar-refractivity contribution in [1.29, 1.82) is 0 Å². The number of rotatable bonds is 3. The maximum absolute atomic E-state index is 11.4. The summed E-state index contributed by atoms with van der Waals surface area (Å²) in [7, 11) is 6.96. The van der Waals surface area contributed by atoms with Crippen LogP contribution < -0.4 is 15.5 Å². The lowest BCUT2D eigenvalue weighted by Crippen LogP contribution is -2.22. The Labute approximate surface area is 88.7 Å². The molecule has 0 aliphatic rings. The molecule has 0 saturated heterocycles. The Morgan fingerprint density at radius 3 is 2.47 bits per heavy atom.